The molecule has 0 radical (unpaired) electrons. The van der Waals surface area contributed by atoms with E-state index in [9.17, 15) is 0 Å². The number of rotatable bonds is 6. The number of furan rings is 1. The highest BCUT2D eigenvalue weighted by molar-refractivity contribution is 6.20. The third-order valence-corrected chi connectivity index (χ3v) is 10.7. The van der Waals surface area contributed by atoms with E-state index in [2.05, 4.69) is 150 Å². The van der Waals surface area contributed by atoms with Crippen LogP contribution in [0, 0.1) is 0 Å². The molecule has 9 aromatic carbocycles. The van der Waals surface area contributed by atoms with E-state index in [4.69, 9.17) is 13.8 Å². The van der Waals surface area contributed by atoms with Gasteiger partial charge < -0.3 is 13.7 Å². The Bertz CT molecular complexity index is 3200. The predicted molar refractivity (Wildman–Crippen MR) is 227 cm³/mol. The summed E-state index contributed by atoms with van der Waals surface area (Å²) < 4.78 is 13.5. The van der Waals surface area contributed by atoms with Crippen molar-refractivity contribution in [3.63, 3.8) is 0 Å². The summed E-state index contributed by atoms with van der Waals surface area (Å²) in [6.07, 6.45) is 0. The summed E-state index contributed by atoms with van der Waals surface area (Å²) in [5.74, 6) is 0.560. The van der Waals surface area contributed by atoms with Crippen molar-refractivity contribution in [2.24, 2.45) is 0 Å². The molecule has 2 aromatic heterocycles. The molecule has 55 heavy (non-hydrogen) atoms. The first-order valence-corrected chi connectivity index (χ1v) is 18.5. The normalized spacial score (nSPS) is 11.6. The molecular formula is C51H32N2O2. The zero-order valence-corrected chi connectivity index (χ0v) is 29.7. The molecular weight excluding hydrogens is 673 g/mol. The number of fused-ring (bicyclic) bond motifs is 8. The number of benzene rings is 9. The Morgan fingerprint density at radius 1 is 0.400 bits per heavy atom. The number of hydrogen-bond acceptors (Lipinski definition) is 4. The Morgan fingerprint density at radius 2 is 1.02 bits per heavy atom. The first-order chi connectivity index (χ1) is 27.3. The topological polar surface area (TPSA) is 42.4 Å². The van der Waals surface area contributed by atoms with E-state index >= 15 is 0 Å². The van der Waals surface area contributed by atoms with Crippen molar-refractivity contribution in [1.82, 2.24) is 4.98 Å². The monoisotopic (exact) mass is 704 g/mol. The summed E-state index contributed by atoms with van der Waals surface area (Å²) in [5.41, 5.74) is 11.3. The fraction of sp³-hybridized carbons (Fsp3) is 0. The Morgan fingerprint density at radius 3 is 1.82 bits per heavy atom. The molecule has 11 rings (SSSR count). The van der Waals surface area contributed by atoms with Gasteiger partial charge in [-0.15, -0.1) is 0 Å². The Balaban J connectivity index is 1.18. The lowest BCUT2D eigenvalue weighted by molar-refractivity contribution is 0.620. The van der Waals surface area contributed by atoms with Crippen molar-refractivity contribution in [1.29, 1.82) is 0 Å². The summed E-state index contributed by atoms with van der Waals surface area (Å²) in [5, 5.41) is 6.90. The largest absolute Gasteiger partial charge is 0.456 e. The fourth-order valence-corrected chi connectivity index (χ4v) is 8.16. The summed E-state index contributed by atoms with van der Waals surface area (Å²) in [4.78, 5) is 7.49. The molecule has 0 aliphatic rings. The molecule has 0 unspecified atom stereocenters. The molecule has 4 nitrogen and oxygen atoms in total. The molecule has 0 saturated heterocycles. The van der Waals surface area contributed by atoms with Crippen LogP contribution in [-0.2, 0) is 0 Å². The molecule has 11 aromatic rings. The molecule has 4 heteroatoms. The van der Waals surface area contributed by atoms with Crippen molar-refractivity contribution >= 4 is 71.6 Å². The lowest BCUT2D eigenvalue weighted by Gasteiger charge is -2.28. The molecule has 0 spiro atoms. The Hall–Kier alpha value is -7.43. The van der Waals surface area contributed by atoms with Crippen LogP contribution < -0.4 is 4.90 Å². The number of aromatic nitrogens is 1. The van der Waals surface area contributed by atoms with Gasteiger partial charge in [-0.25, -0.2) is 4.98 Å². The minimum atomic E-state index is 0.560. The Kier molecular flexibility index (Phi) is 7.14. The smallest absolute Gasteiger partial charge is 0.227 e. The number of hydrogen-bond donors (Lipinski definition) is 0. The average Bonchev–Trinajstić information content (AvgIpc) is 3.87. The van der Waals surface area contributed by atoms with Gasteiger partial charge in [0, 0.05) is 28.3 Å². The van der Waals surface area contributed by atoms with Gasteiger partial charge in [-0.3, -0.25) is 0 Å². The molecule has 0 aliphatic heterocycles. The van der Waals surface area contributed by atoms with Crippen molar-refractivity contribution < 1.29 is 8.83 Å². The van der Waals surface area contributed by atoms with Gasteiger partial charge in [0.15, 0.2) is 5.58 Å². The van der Waals surface area contributed by atoms with Crippen LogP contribution in [0.2, 0.25) is 0 Å². The number of anilines is 3. The van der Waals surface area contributed by atoms with Gasteiger partial charge in [0.05, 0.1) is 16.8 Å². The van der Waals surface area contributed by atoms with Gasteiger partial charge >= 0.3 is 0 Å². The van der Waals surface area contributed by atoms with Crippen LogP contribution in [0.5, 0.6) is 0 Å². The van der Waals surface area contributed by atoms with Crippen LogP contribution in [0.15, 0.2) is 203 Å². The molecule has 258 valence electrons. The third kappa shape index (κ3) is 5.11. The van der Waals surface area contributed by atoms with Crippen LogP contribution in [0.25, 0.3) is 88.3 Å². The van der Waals surface area contributed by atoms with Crippen molar-refractivity contribution in [3.8, 4) is 33.7 Å². The van der Waals surface area contributed by atoms with Crippen LogP contribution in [0.1, 0.15) is 0 Å². The van der Waals surface area contributed by atoms with E-state index in [1.807, 2.05) is 48.5 Å². The van der Waals surface area contributed by atoms with E-state index in [1.165, 1.54) is 27.1 Å². The maximum Gasteiger partial charge on any atom is 0.227 e. The van der Waals surface area contributed by atoms with E-state index in [-0.39, 0.29) is 0 Å². The molecule has 0 bridgehead atoms. The first kappa shape index (κ1) is 31.1. The molecule has 0 amide bonds. The molecule has 0 saturated carbocycles. The second-order valence-corrected chi connectivity index (χ2v) is 13.9. The summed E-state index contributed by atoms with van der Waals surface area (Å²) in [7, 11) is 0. The van der Waals surface area contributed by atoms with Gasteiger partial charge in [0.2, 0.25) is 5.89 Å². The second-order valence-electron chi connectivity index (χ2n) is 13.9. The summed E-state index contributed by atoms with van der Waals surface area (Å²) >= 11 is 0. The van der Waals surface area contributed by atoms with Gasteiger partial charge in [0.25, 0.3) is 0 Å². The minimum Gasteiger partial charge on any atom is -0.456 e. The molecule has 0 aliphatic carbocycles. The quantitative estimate of drug-likeness (QED) is 0.162. The maximum absolute atomic E-state index is 6.87. The van der Waals surface area contributed by atoms with Crippen molar-refractivity contribution in [2.75, 3.05) is 4.90 Å². The van der Waals surface area contributed by atoms with E-state index in [0.29, 0.717) is 11.5 Å². The van der Waals surface area contributed by atoms with Crippen LogP contribution in [0.3, 0.4) is 0 Å². The zero-order chi connectivity index (χ0) is 36.3. The van der Waals surface area contributed by atoms with Crippen molar-refractivity contribution in [2.45, 2.75) is 0 Å². The highest BCUT2D eigenvalue weighted by Crippen LogP contribution is 2.48. The molecule has 0 fully saturated rings. The van der Waals surface area contributed by atoms with Crippen LogP contribution >= 0.6 is 0 Å². The maximum atomic E-state index is 6.87. The fourth-order valence-electron chi connectivity index (χ4n) is 8.16. The number of nitrogens with zero attached hydrogens (tertiary/aromatic N) is 2. The highest BCUT2D eigenvalue weighted by atomic mass is 16.4. The van der Waals surface area contributed by atoms with Gasteiger partial charge in [-0.05, 0) is 80.7 Å². The first-order valence-electron chi connectivity index (χ1n) is 18.5. The van der Waals surface area contributed by atoms with E-state index < -0.39 is 0 Å². The van der Waals surface area contributed by atoms with Gasteiger partial charge in [-0.1, -0.05) is 146 Å². The van der Waals surface area contributed by atoms with Gasteiger partial charge in [-0.2, -0.15) is 0 Å². The zero-order valence-electron chi connectivity index (χ0n) is 29.7. The SMILES string of the molecule is c1ccc(-c2nc3c(o2)c(N(c2ccc(-c4cc5ccccc5c5ccccc45)cc2)c2ccccc2-c2ccccc2)cc2oc4ccccc4c23)cc1. The van der Waals surface area contributed by atoms with Gasteiger partial charge in [0.1, 0.15) is 16.7 Å². The van der Waals surface area contributed by atoms with Crippen LogP contribution in [-0.4, -0.2) is 4.98 Å². The minimum absolute atomic E-state index is 0.560. The average molecular weight is 705 g/mol. The van der Waals surface area contributed by atoms with Crippen LogP contribution in [0.4, 0.5) is 17.1 Å². The van der Waals surface area contributed by atoms with E-state index in [1.54, 1.807) is 0 Å². The van der Waals surface area contributed by atoms with E-state index in [0.717, 1.165) is 66.8 Å². The molecule has 0 N–H and O–H groups in total. The second kappa shape index (κ2) is 12.6. The van der Waals surface area contributed by atoms with Crippen molar-refractivity contribution in [3.05, 3.63) is 194 Å². The molecule has 2 heterocycles. The summed E-state index contributed by atoms with van der Waals surface area (Å²) in [6.45, 7) is 0. The summed E-state index contributed by atoms with van der Waals surface area (Å²) in [6, 6.07) is 68.0. The number of oxazole rings is 1. The molecule has 0 atom stereocenters. The standard InChI is InChI=1S/C51H32N2O2/c1-3-15-33(16-4-1)39-21-11-13-25-44(39)53(37-29-27-34(28-30-37)43-31-36-19-7-8-20-38(36)40-22-9-10-23-41(40)43)45-32-47-48(42-24-12-14-26-46(42)54-47)49-50(45)55-51(52-49)35-17-5-2-6-18-35/h1-32H. The Labute approximate surface area is 317 Å². The third-order valence-electron chi connectivity index (χ3n) is 10.7. The lowest BCUT2D eigenvalue weighted by Crippen LogP contribution is -2.11. The predicted octanol–water partition coefficient (Wildman–Crippen LogP) is 14.5. The highest BCUT2D eigenvalue weighted by Gasteiger charge is 2.26. The number of para-hydroxylation sites is 2. The lowest BCUT2D eigenvalue weighted by atomic mass is 9.93.